The summed E-state index contributed by atoms with van der Waals surface area (Å²) < 4.78 is 1.97. The first-order valence-electron chi connectivity index (χ1n) is 10.6. The average molecular weight is 382 g/mol. The number of piperidine rings is 2. The van der Waals surface area contributed by atoms with Crippen LogP contribution < -0.4 is 5.32 Å². The molecule has 0 aliphatic carbocycles. The van der Waals surface area contributed by atoms with E-state index in [-0.39, 0.29) is 11.9 Å². The highest BCUT2D eigenvalue weighted by Crippen LogP contribution is 2.37. The third-order valence-electron chi connectivity index (χ3n) is 6.40. The first-order valence-corrected chi connectivity index (χ1v) is 10.6. The zero-order chi connectivity index (χ0) is 19.7. The van der Waals surface area contributed by atoms with Crippen molar-refractivity contribution >= 4 is 5.91 Å². The number of carbonyl (C=O) groups excluding carboxylic acids is 1. The second-order valence-electron chi connectivity index (χ2n) is 8.42. The molecule has 2 atom stereocenters. The van der Waals surface area contributed by atoms with Gasteiger partial charge in [0.25, 0.3) is 5.91 Å². The molecule has 3 heterocycles. The van der Waals surface area contributed by atoms with Crippen molar-refractivity contribution in [2.45, 2.75) is 58.5 Å². The van der Waals surface area contributed by atoms with Gasteiger partial charge in [-0.05, 0) is 64.1 Å². The molecule has 6 nitrogen and oxygen atoms in total. The lowest BCUT2D eigenvalue weighted by molar-refractivity contribution is 0.0506. The highest BCUT2D eigenvalue weighted by atomic mass is 16.2. The number of nitrogens with one attached hydrogen (secondary N) is 1. The smallest absolute Gasteiger partial charge is 0.276 e. The molecule has 1 aromatic heterocycles. The van der Waals surface area contributed by atoms with Crippen LogP contribution in [-0.4, -0.2) is 45.4 Å². The van der Waals surface area contributed by atoms with Gasteiger partial charge in [-0.1, -0.05) is 42.0 Å². The standard InChI is InChI=1S/C22H31N5O/c1-15-6-8-18(9-7-15)21-16(2)5-4-14-26(21)22(28)20-17(3)27(25-24-20)19-10-12-23-13-11-19/h6-9,16,19,21,23H,4-5,10-14H2,1-3H3. The molecule has 2 fully saturated rings. The third-order valence-corrected chi connectivity index (χ3v) is 6.40. The van der Waals surface area contributed by atoms with Crippen LogP contribution >= 0.6 is 0 Å². The Hall–Kier alpha value is -2.21. The fraction of sp³-hybridized carbons (Fsp3) is 0.591. The number of aryl methyl sites for hydroxylation is 1. The largest absolute Gasteiger partial charge is 0.330 e. The van der Waals surface area contributed by atoms with E-state index >= 15 is 0 Å². The lowest BCUT2D eigenvalue weighted by atomic mass is 9.85. The highest BCUT2D eigenvalue weighted by Gasteiger charge is 2.35. The minimum atomic E-state index is 0.0230. The summed E-state index contributed by atoms with van der Waals surface area (Å²) in [6.45, 7) is 9.10. The molecule has 1 amide bonds. The molecule has 4 rings (SSSR count). The second-order valence-corrected chi connectivity index (χ2v) is 8.42. The molecule has 150 valence electrons. The summed E-state index contributed by atoms with van der Waals surface area (Å²) in [6.07, 6.45) is 4.24. The molecular formula is C22H31N5O. The van der Waals surface area contributed by atoms with Crippen molar-refractivity contribution in [3.63, 3.8) is 0 Å². The van der Waals surface area contributed by atoms with Crippen molar-refractivity contribution in [1.29, 1.82) is 0 Å². The van der Waals surface area contributed by atoms with Crippen LogP contribution in [0.25, 0.3) is 0 Å². The molecule has 2 aromatic rings. The highest BCUT2D eigenvalue weighted by molar-refractivity contribution is 5.93. The van der Waals surface area contributed by atoms with Crippen molar-refractivity contribution in [3.8, 4) is 0 Å². The molecule has 1 N–H and O–H groups in total. The molecule has 1 aromatic carbocycles. The van der Waals surface area contributed by atoms with E-state index in [0.717, 1.165) is 51.0 Å². The van der Waals surface area contributed by atoms with E-state index in [9.17, 15) is 4.79 Å². The van der Waals surface area contributed by atoms with E-state index in [4.69, 9.17) is 0 Å². The third kappa shape index (κ3) is 3.58. The lowest BCUT2D eigenvalue weighted by Gasteiger charge is -2.40. The van der Waals surface area contributed by atoms with Crippen LogP contribution in [0.4, 0.5) is 0 Å². The summed E-state index contributed by atoms with van der Waals surface area (Å²) in [5.74, 6) is 0.454. The van der Waals surface area contributed by atoms with Crippen LogP contribution in [0.15, 0.2) is 24.3 Å². The second kappa shape index (κ2) is 8.03. The van der Waals surface area contributed by atoms with Gasteiger partial charge >= 0.3 is 0 Å². The number of amides is 1. The predicted octanol–water partition coefficient (Wildman–Crippen LogP) is 3.43. The number of hydrogen-bond acceptors (Lipinski definition) is 4. The molecule has 2 aliphatic heterocycles. The van der Waals surface area contributed by atoms with Gasteiger partial charge in [-0.3, -0.25) is 4.79 Å². The maximum absolute atomic E-state index is 13.5. The number of hydrogen-bond donors (Lipinski definition) is 1. The van der Waals surface area contributed by atoms with Crippen LogP contribution in [0.5, 0.6) is 0 Å². The lowest BCUT2D eigenvalue weighted by Crippen LogP contribution is -2.42. The van der Waals surface area contributed by atoms with Gasteiger partial charge in [-0.2, -0.15) is 0 Å². The Morgan fingerprint density at radius 3 is 2.54 bits per heavy atom. The Labute approximate surface area is 167 Å². The van der Waals surface area contributed by atoms with E-state index in [0.29, 0.717) is 17.7 Å². The molecule has 28 heavy (non-hydrogen) atoms. The van der Waals surface area contributed by atoms with Gasteiger partial charge in [0, 0.05) is 6.54 Å². The number of benzene rings is 1. The van der Waals surface area contributed by atoms with Crippen LogP contribution in [0.3, 0.4) is 0 Å². The minimum absolute atomic E-state index is 0.0230. The van der Waals surface area contributed by atoms with E-state index in [2.05, 4.69) is 53.7 Å². The van der Waals surface area contributed by atoms with Gasteiger partial charge in [0.1, 0.15) is 0 Å². The average Bonchev–Trinajstić information content (AvgIpc) is 3.10. The number of rotatable bonds is 3. The SMILES string of the molecule is Cc1ccc(C2C(C)CCCN2C(=O)c2nnn(C3CCNCC3)c2C)cc1. The Kier molecular flexibility index (Phi) is 5.49. The number of aromatic nitrogens is 3. The fourth-order valence-electron chi connectivity index (χ4n) is 4.76. The Balaban J connectivity index is 1.62. The molecule has 6 heteroatoms. The van der Waals surface area contributed by atoms with E-state index in [1.165, 1.54) is 11.1 Å². The zero-order valence-corrected chi connectivity index (χ0v) is 17.2. The van der Waals surface area contributed by atoms with Crippen LogP contribution in [0.2, 0.25) is 0 Å². The van der Waals surface area contributed by atoms with Crippen molar-refractivity contribution in [3.05, 3.63) is 46.8 Å². The Morgan fingerprint density at radius 2 is 1.82 bits per heavy atom. The van der Waals surface area contributed by atoms with Gasteiger partial charge in [0.15, 0.2) is 5.69 Å². The first-order chi connectivity index (χ1) is 13.6. The fourth-order valence-corrected chi connectivity index (χ4v) is 4.76. The summed E-state index contributed by atoms with van der Waals surface area (Å²) in [4.78, 5) is 15.5. The van der Waals surface area contributed by atoms with Crippen LogP contribution in [0, 0.1) is 19.8 Å². The molecule has 0 radical (unpaired) electrons. The topological polar surface area (TPSA) is 63.1 Å². The van der Waals surface area contributed by atoms with Crippen molar-refractivity contribution in [1.82, 2.24) is 25.2 Å². The van der Waals surface area contributed by atoms with Gasteiger partial charge < -0.3 is 10.2 Å². The van der Waals surface area contributed by atoms with Crippen molar-refractivity contribution < 1.29 is 4.79 Å². The van der Waals surface area contributed by atoms with Crippen molar-refractivity contribution in [2.75, 3.05) is 19.6 Å². The molecule has 2 unspecified atom stereocenters. The van der Waals surface area contributed by atoms with Crippen LogP contribution in [-0.2, 0) is 0 Å². The molecule has 2 saturated heterocycles. The summed E-state index contributed by atoms with van der Waals surface area (Å²) in [6, 6.07) is 9.05. The van der Waals surface area contributed by atoms with E-state index in [1.807, 2.05) is 16.5 Å². The molecular weight excluding hydrogens is 350 g/mol. The molecule has 2 aliphatic rings. The Morgan fingerprint density at radius 1 is 1.11 bits per heavy atom. The van der Waals surface area contributed by atoms with Crippen molar-refractivity contribution in [2.24, 2.45) is 5.92 Å². The maximum atomic E-state index is 13.5. The van der Waals surface area contributed by atoms with E-state index in [1.54, 1.807) is 0 Å². The normalized spacial score (nSPS) is 23.8. The van der Waals surface area contributed by atoms with Crippen LogP contribution in [0.1, 0.15) is 72.0 Å². The summed E-state index contributed by atoms with van der Waals surface area (Å²) in [5.41, 5.74) is 3.88. The number of likely N-dealkylation sites (tertiary alicyclic amines) is 1. The zero-order valence-electron chi connectivity index (χ0n) is 17.2. The summed E-state index contributed by atoms with van der Waals surface area (Å²) >= 11 is 0. The number of carbonyl (C=O) groups is 1. The maximum Gasteiger partial charge on any atom is 0.276 e. The van der Waals surface area contributed by atoms with Gasteiger partial charge in [0.2, 0.25) is 0 Å². The quantitative estimate of drug-likeness (QED) is 0.885. The molecule has 0 bridgehead atoms. The number of nitrogens with zero attached hydrogens (tertiary/aromatic N) is 4. The summed E-state index contributed by atoms with van der Waals surface area (Å²) in [5, 5.41) is 12.1. The van der Waals surface area contributed by atoms with Gasteiger partial charge in [0.05, 0.1) is 17.8 Å². The Bertz CT molecular complexity index is 822. The molecule has 0 spiro atoms. The van der Waals surface area contributed by atoms with Gasteiger partial charge in [-0.25, -0.2) is 4.68 Å². The monoisotopic (exact) mass is 381 g/mol. The first kappa shape index (κ1) is 19.1. The van der Waals surface area contributed by atoms with E-state index < -0.39 is 0 Å². The minimum Gasteiger partial charge on any atom is -0.330 e. The summed E-state index contributed by atoms with van der Waals surface area (Å²) in [7, 11) is 0. The molecule has 0 saturated carbocycles. The predicted molar refractivity (Wildman–Crippen MR) is 109 cm³/mol. The van der Waals surface area contributed by atoms with Gasteiger partial charge in [-0.15, -0.1) is 5.10 Å².